The van der Waals surface area contributed by atoms with E-state index in [0.29, 0.717) is 11.7 Å². The molecule has 1 aromatic rings. The minimum absolute atomic E-state index is 0.582. The first-order valence-corrected chi connectivity index (χ1v) is 6.57. The highest BCUT2D eigenvalue weighted by Gasteiger charge is 2.23. The van der Waals surface area contributed by atoms with Gasteiger partial charge in [-0.3, -0.25) is 0 Å². The van der Waals surface area contributed by atoms with E-state index in [2.05, 4.69) is 16.6 Å². The van der Waals surface area contributed by atoms with Crippen LogP contribution < -0.4 is 11.1 Å². The molecule has 82 valence electrons. The Kier molecular flexibility index (Phi) is 3.36. The summed E-state index contributed by atoms with van der Waals surface area (Å²) in [4.78, 5) is 4.25. The Bertz CT molecular complexity index is 312. The van der Waals surface area contributed by atoms with Gasteiger partial charge in [0.1, 0.15) is 5.82 Å². The highest BCUT2D eigenvalue weighted by molar-refractivity contribution is 7.99. The van der Waals surface area contributed by atoms with E-state index in [9.17, 15) is 0 Å². The molecule has 1 aliphatic rings. The van der Waals surface area contributed by atoms with Crippen molar-refractivity contribution in [2.24, 2.45) is 0 Å². The van der Waals surface area contributed by atoms with Gasteiger partial charge in [-0.15, -0.1) is 0 Å². The number of nitrogen functional groups attached to an aromatic ring is 1. The van der Waals surface area contributed by atoms with E-state index >= 15 is 0 Å². The molecule has 0 radical (unpaired) electrons. The Morgan fingerprint density at radius 3 is 2.93 bits per heavy atom. The van der Waals surface area contributed by atoms with Crippen molar-refractivity contribution in [1.29, 1.82) is 0 Å². The second-order valence-electron chi connectivity index (χ2n) is 3.99. The summed E-state index contributed by atoms with van der Waals surface area (Å²) in [6.07, 6.45) is 7.69. The molecule has 0 aromatic carbocycles. The molecule has 1 fully saturated rings. The molecule has 1 heterocycles. The van der Waals surface area contributed by atoms with Gasteiger partial charge in [0.2, 0.25) is 0 Å². The van der Waals surface area contributed by atoms with Crippen LogP contribution in [0.2, 0.25) is 0 Å². The molecule has 1 saturated carbocycles. The molecule has 0 saturated heterocycles. The van der Waals surface area contributed by atoms with Gasteiger partial charge in [0.05, 0.1) is 11.9 Å². The van der Waals surface area contributed by atoms with E-state index in [1.54, 1.807) is 6.20 Å². The van der Waals surface area contributed by atoms with Gasteiger partial charge in [-0.05, 0) is 37.7 Å². The predicted octanol–water partition coefficient (Wildman–Crippen LogP) is 2.36. The van der Waals surface area contributed by atoms with Crippen LogP contribution in [0.1, 0.15) is 19.3 Å². The Morgan fingerprint density at radius 1 is 1.47 bits per heavy atom. The maximum atomic E-state index is 5.58. The fraction of sp³-hybridized carbons (Fsp3) is 0.545. The van der Waals surface area contributed by atoms with Crippen molar-refractivity contribution in [2.45, 2.75) is 30.6 Å². The molecule has 2 unspecified atom stereocenters. The van der Waals surface area contributed by atoms with Crippen LogP contribution in [0.4, 0.5) is 11.5 Å². The van der Waals surface area contributed by atoms with E-state index in [0.717, 1.165) is 11.1 Å². The van der Waals surface area contributed by atoms with Crippen LogP contribution >= 0.6 is 11.8 Å². The second kappa shape index (κ2) is 4.75. The monoisotopic (exact) mass is 223 g/mol. The molecule has 0 amide bonds. The number of hydrogen-bond acceptors (Lipinski definition) is 4. The minimum Gasteiger partial charge on any atom is -0.397 e. The van der Waals surface area contributed by atoms with Crippen molar-refractivity contribution in [3.8, 4) is 0 Å². The highest BCUT2D eigenvalue weighted by atomic mass is 32.2. The lowest BCUT2D eigenvalue weighted by Crippen LogP contribution is -2.16. The molecule has 0 spiro atoms. The zero-order valence-corrected chi connectivity index (χ0v) is 9.76. The van der Waals surface area contributed by atoms with Gasteiger partial charge in [0, 0.05) is 11.3 Å². The Balaban J connectivity index is 1.90. The van der Waals surface area contributed by atoms with E-state index in [4.69, 9.17) is 5.73 Å². The fourth-order valence-electron chi connectivity index (χ4n) is 1.99. The van der Waals surface area contributed by atoms with Crippen molar-refractivity contribution in [3.05, 3.63) is 18.3 Å². The summed E-state index contributed by atoms with van der Waals surface area (Å²) in [6, 6.07) is 4.41. The number of rotatable bonds is 3. The summed E-state index contributed by atoms with van der Waals surface area (Å²) >= 11 is 1.97. The number of thioether (sulfide) groups is 1. The maximum absolute atomic E-state index is 5.58. The van der Waals surface area contributed by atoms with Gasteiger partial charge >= 0.3 is 0 Å². The molecule has 4 heteroatoms. The van der Waals surface area contributed by atoms with Crippen molar-refractivity contribution >= 4 is 23.3 Å². The molecule has 1 aromatic heterocycles. The van der Waals surface area contributed by atoms with Crippen molar-refractivity contribution in [2.75, 3.05) is 17.3 Å². The molecule has 3 nitrogen and oxygen atoms in total. The summed E-state index contributed by atoms with van der Waals surface area (Å²) in [5, 5.41) is 4.27. The number of pyridine rings is 1. The first kappa shape index (κ1) is 10.6. The van der Waals surface area contributed by atoms with Crippen molar-refractivity contribution in [1.82, 2.24) is 4.98 Å². The lowest BCUT2D eigenvalue weighted by atomic mass is 10.2. The number of nitrogens with one attached hydrogen (secondary N) is 1. The smallest absolute Gasteiger partial charge is 0.126 e. The molecular weight excluding hydrogens is 206 g/mol. The van der Waals surface area contributed by atoms with E-state index < -0.39 is 0 Å². The SMILES string of the molecule is CSC1CCC(Nc2ccc(N)cn2)C1. The quantitative estimate of drug-likeness (QED) is 0.826. The molecule has 2 atom stereocenters. The number of aromatic nitrogens is 1. The number of nitrogens with zero attached hydrogens (tertiary/aromatic N) is 1. The standard InChI is InChI=1S/C11H17N3S/c1-15-10-4-3-9(6-10)14-11-5-2-8(12)7-13-11/h2,5,7,9-10H,3-4,6,12H2,1H3,(H,13,14). The average Bonchev–Trinajstić information content (AvgIpc) is 2.69. The average molecular weight is 223 g/mol. The fourth-order valence-corrected chi connectivity index (χ4v) is 2.78. The lowest BCUT2D eigenvalue weighted by molar-refractivity contribution is 0.752. The molecule has 0 aliphatic heterocycles. The van der Waals surface area contributed by atoms with Crippen molar-refractivity contribution < 1.29 is 0 Å². The zero-order valence-electron chi connectivity index (χ0n) is 8.94. The first-order chi connectivity index (χ1) is 7.28. The summed E-state index contributed by atoms with van der Waals surface area (Å²) in [7, 11) is 0. The van der Waals surface area contributed by atoms with Crippen LogP contribution in [-0.4, -0.2) is 22.5 Å². The van der Waals surface area contributed by atoms with Crippen LogP contribution in [0.5, 0.6) is 0 Å². The molecule has 15 heavy (non-hydrogen) atoms. The van der Waals surface area contributed by atoms with Crippen LogP contribution in [0.3, 0.4) is 0 Å². The van der Waals surface area contributed by atoms with Crippen LogP contribution in [0.25, 0.3) is 0 Å². The lowest BCUT2D eigenvalue weighted by Gasteiger charge is -2.13. The molecule has 2 rings (SSSR count). The minimum atomic E-state index is 0.582. The van der Waals surface area contributed by atoms with Gasteiger partial charge in [-0.1, -0.05) is 0 Å². The van der Waals surface area contributed by atoms with E-state index in [1.165, 1.54) is 19.3 Å². The van der Waals surface area contributed by atoms with Gasteiger partial charge in [0.25, 0.3) is 0 Å². The number of anilines is 2. The zero-order chi connectivity index (χ0) is 10.7. The maximum Gasteiger partial charge on any atom is 0.126 e. The summed E-state index contributed by atoms with van der Waals surface area (Å²) < 4.78 is 0. The third kappa shape index (κ3) is 2.78. The van der Waals surface area contributed by atoms with Gasteiger partial charge in [-0.2, -0.15) is 11.8 Å². The molecule has 0 bridgehead atoms. The van der Waals surface area contributed by atoms with E-state index in [1.807, 2.05) is 23.9 Å². The van der Waals surface area contributed by atoms with Crippen LogP contribution in [-0.2, 0) is 0 Å². The largest absolute Gasteiger partial charge is 0.397 e. The molecule has 3 N–H and O–H groups in total. The summed E-state index contributed by atoms with van der Waals surface area (Å²) in [5.74, 6) is 0.941. The van der Waals surface area contributed by atoms with Gasteiger partial charge in [0.15, 0.2) is 0 Å². The van der Waals surface area contributed by atoms with Crippen molar-refractivity contribution in [3.63, 3.8) is 0 Å². The Labute approximate surface area is 94.8 Å². The van der Waals surface area contributed by atoms with Gasteiger partial charge in [-0.25, -0.2) is 4.98 Å². The summed E-state index contributed by atoms with van der Waals surface area (Å²) in [6.45, 7) is 0. The second-order valence-corrected chi connectivity index (χ2v) is 5.13. The Hall–Kier alpha value is -0.900. The third-order valence-corrected chi connectivity index (χ3v) is 3.95. The molecule has 1 aliphatic carbocycles. The normalized spacial score (nSPS) is 25.4. The first-order valence-electron chi connectivity index (χ1n) is 5.29. The van der Waals surface area contributed by atoms with E-state index in [-0.39, 0.29) is 0 Å². The molecular formula is C11H17N3S. The topological polar surface area (TPSA) is 50.9 Å². The van der Waals surface area contributed by atoms with Crippen LogP contribution in [0, 0.1) is 0 Å². The van der Waals surface area contributed by atoms with Crippen LogP contribution in [0.15, 0.2) is 18.3 Å². The van der Waals surface area contributed by atoms with Gasteiger partial charge < -0.3 is 11.1 Å². The Morgan fingerprint density at radius 2 is 2.33 bits per heavy atom. The highest BCUT2D eigenvalue weighted by Crippen LogP contribution is 2.29. The number of nitrogens with two attached hydrogens (primary N) is 1. The third-order valence-electron chi connectivity index (χ3n) is 2.86. The number of hydrogen-bond donors (Lipinski definition) is 2. The predicted molar refractivity (Wildman–Crippen MR) is 67.2 cm³/mol. The summed E-state index contributed by atoms with van der Waals surface area (Å²) in [5.41, 5.74) is 6.30.